The number of hydrogen-bond acceptors (Lipinski definition) is 4. The lowest BCUT2D eigenvalue weighted by Crippen LogP contribution is -2.41. The van der Waals surface area contributed by atoms with E-state index in [-0.39, 0.29) is 5.92 Å². The van der Waals surface area contributed by atoms with Crippen LogP contribution in [-0.4, -0.2) is 48.9 Å². The lowest BCUT2D eigenvalue weighted by molar-refractivity contribution is -0.136. The summed E-state index contributed by atoms with van der Waals surface area (Å²) in [6.07, 6.45) is 14.1. The van der Waals surface area contributed by atoms with E-state index in [0.29, 0.717) is 11.9 Å². The van der Waals surface area contributed by atoms with Crippen molar-refractivity contribution in [3.05, 3.63) is 30.9 Å². The molecule has 140 valence electrons. The number of nitrogens with zero attached hydrogens (tertiary/aromatic N) is 5. The minimum Gasteiger partial charge on any atom is -0.342 e. The Morgan fingerprint density at radius 2 is 1.85 bits per heavy atom. The third-order valence-corrected chi connectivity index (χ3v) is 6.08. The molecule has 0 unspecified atom stereocenters. The zero-order valence-electron chi connectivity index (χ0n) is 15.3. The van der Waals surface area contributed by atoms with E-state index in [1.54, 1.807) is 6.20 Å². The van der Waals surface area contributed by atoms with Gasteiger partial charge in [0.05, 0.1) is 24.0 Å². The molecule has 1 aliphatic carbocycles. The van der Waals surface area contributed by atoms with Gasteiger partial charge in [-0.3, -0.25) is 19.6 Å². The number of carbonyl (C=O) groups excluding carboxylic acids is 1. The van der Waals surface area contributed by atoms with Crippen LogP contribution < -0.4 is 0 Å². The minimum atomic E-state index is 0.280. The number of pyridine rings is 1. The number of likely N-dealkylation sites (tertiary alicyclic amines) is 1. The van der Waals surface area contributed by atoms with Crippen molar-refractivity contribution in [2.45, 2.75) is 44.6 Å². The van der Waals surface area contributed by atoms with Crippen molar-refractivity contribution < 1.29 is 4.79 Å². The molecule has 0 atom stereocenters. The molecule has 2 fully saturated rings. The lowest BCUT2D eigenvalue weighted by Gasteiger charge is -2.33. The lowest BCUT2D eigenvalue weighted by atomic mass is 10.0. The van der Waals surface area contributed by atoms with Gasteiger partial charge in [-0.25, -0.2) is 0 Å². The molecule has 1 aliphatic heterocycles. The number of aromatic nitrogens is 5. The third kappa shape index (κ3) is 3.11. The Labute approximate surface area is 157 Å². The maximum atomic E-state index is 12.6. The molecule has 0 radical (unpaired) electrons. The molecule has 1 saturated heterocycles. The maximum Gasteiger partial charge on any atom is 0.225 e. The number of H-pyrrole nitrogens is 1. The second-order valence-electron chi connectivity index (χ2n) is 7.77. The van der Waals surface area contributed by atoms with Crippen LogP contribution >= 0.6 is 0 Å². The zero-order chi connectivity index (χ0) is 18.2. The van der Waals surface area contributed by atoms with Crippen LogP contribution in [0.3, 0.4) is 0 Å². The van der Waals surface area contributed by atoms with Gasteiger partial charge in [0, 0.05) is 42.5 Å². The maximum absolute atomic E-state index is 12.6. The summed E-state index contributed by atoms with van der Waals surface area (Å²) in [5.41, 5.74) is 3.89. The molecule has 0 spiro atoms. The fourth-order valence-electron chi connectivity index (χ4n) is 4.46. The van der Waals surface area contributed by atoms with E-state index in [1.807, 2.05) is 12.4 Å². The van der Waals surface area contributed by atoms with Crippen molar-refractivity contribution >= 4 is 16.9 Å². The molecule has 27 heavy (non-hydrogen) atoms. The molecular formula is C20H24N6O. The molecule has 7 nitrogen and oxygen atoms in total. The summed E-state index contributed by atoms with van der Waals surface area (Å²) in [4.78, 5) is 19.1. The van der Waals surface area contributed by atoms with Gasteiger partial charge in [0.1, 0.15) is 5.52 Å². The van der Waals surface area contributed by atoms with Gasteiger partial charge in [-0.2, -0.15) is 10.2 Å². The van der Waals surface area contributed by atoms with E-state index in [1.165, 1.54) is 12.8 Å². The average molecular weight is 364 g/mol. The van der Waals surface area contributed by atoms with Crippen LogP contribution in [0.25, 0.3) is 22.2 Å². The van der Waals surface area contributed by atoms with Gasteiger partial charge in [-0.05, 0) is 31.7 Å². The second-order valence-corrected chi connectivity index (χ2v) is 7.77. The number of carbonyl (C=O) groups is 1. The smallest absolute Gasteiger partial charge is 0.225 e. The monoisotopic (exact) mass is 364 g/mol. The van der Waals surface area contributed by atoms with E-state index in [2.05, 4.69) is 42.1 Å². The number of rotatable bonds is 3. The predicted octanol–water partition coefficient (Wildman–Crippen LogP) is 3.18. The van der Waals surface area contributed by atoms with Crippen molar-refractivity contribution in [2.24, 2.45) is 5.92 Å². The van der Waals surface area contributed by atoms with E-state index in [4.69, 9.17) is 0 Å². The normalized spacial score (nSPS) is 19.2. The SMILES string of the molecule is O=C(C1CCCC1)N1CCC(n2cc(-c3cnc4cn[nH]c4c3)cn2)CC1. The fraction of sp³-hybridized carbons (Fsp3) is 0.500. The van der Waals surface area contributed by atoms with Gasteiger partial charge >= 0.3 is 0 Å². The third-order valence-electron chi connectivity index (χ3n) is 6.08. The molecule has 5 rings (SSSR count). The second kappa shape index (κ2) is 6.79. The number of nitrogens with one attached hydrogen (secondary N) is 1. The van der Waals surface area contributed by atoms with E-state index < -0.39 is 0 Å². The topological polar surface area (TPSA) is 79.7 Å². The molecule has 7 heteroatoms. The Bertz CT molecular complexity index is 946. The predicted molar refractivity (Wildman–Crippen MR) is 102 cm³/mol. The van der Waals surface area contributed by atoms with Crippen LogP contribution in [0.4, 0.5) is 0 Å². The molecule has 3 aromatic heterocycles. The first-order chi connectivity index (χ1) is 13.3. The van der Waals surface area contributed by atoms with Crippen LogP contribution in [0.15, 0.2) is 30.9 Å². The Hall–Kier alpha value is -2.70. The Morgan fingerprint density at radius 3 is 2.67 bits per heavy atom. The van der Waals surface area contributed by atoms with Crippen LogP contribution in [0.1, 0.15) is 44.6 Å². The van der Waals surface area contributed by atoms with Crippen molar-refractivity contribution in [3.8, 4) is 11.1 Å². The van der Waals surface area contributed by atoms with E-state index in [0.717, 1.165) is 60.9 Å². The van der Waals surface area contributed by atoms with Crippen LogP contribution in [0.5, 0.6) is 0 Å². The molecule has 2 aliphatic rings. The average Bonchev–Trinajstić information content (AvgIpc) is 3.48. The zero-order valence-corrected chi connectivity index (χ0v) is 15.3. The highest BCUT2D eigenvalue weighted by Crippen LogP contribution is 2.30. The summed E-state index contributed by atoms with van der Waals surface area (Å²) in [6, 6.07) is 2.41. The van der Waals surface area contributed by atoms with Crippen molar-refractivity contribution in [1.29, 1.82) is 0 Å². The summed E-state index contributed by atoms with van der Waals surface area (Å²) >= 11 is 0. The molecular weight excluding hydrogens is 340 g/mol. The highest BCUT2D eigenvalue weighted by Gasteiger charge is 2.30. The summed E-state index contributed by atoms with van der Waals surface area (Å²) in [6.45, 7) is 1.69. The quantitative estimate of drug-likeness (QED) is 0.774. The molecule has 1 saturated carbocycles. The van der Waals surface area contributed by atoms with Crippen LogP contribution in [0.2, 0.25) is 0 Å². The van der Waals surface area contributed by atoms with Gasteiger partial charge in [-0.15, -0.1) is 0 Å². The molecule has 1 amide bonds. The van der Waals surface area contributed by atoms with Gasteiger partial charge in [0.15, 0.2) is 0 Å². The first-order valence-corrected chi connectivity index (χ1v) is 9.90. The molecule has 4 heterocycles. The largest absolute Gasteiger partial charge is 0.342 e. The number of piperidine rings is 1. The van der Waals surface area contributed by atoms with Gasteiger partial charge in [0.25, 0.3) is 0 Å². The first kappa shape index (κ1) is 16.5. The summed E-state index contributed by atoms with van der Waals surface area (Å²) in [5, 5.41) is 11.6. The number of fused-ring (bicyclic) bond motifs is 1. The fourth-order valence-corrected chi connectivity index (χ4v) is 4.46. The standard InChI is InChI=1S/C20H24N6O/c27-20(14-3-1-2-4-14)25-7-5-17(6-8-25)26-13-16(11-23-26)15-9-18-19(21-10-15)12-22-24-18/h9-14,17H,1-8H2,(H,22,24). The summed E-state index contributed by atoms with van der Waals surface area (Å²) in [7, 11) is 0. The Balaban J connectivity index is 1.26. The summed E-state index contributed by atoms with van der Waals surface area (Å²) in [5.74, 6) is 0.661. The van der Waals surface area contributed by atoms with Crippen molar-refractivity contribution in [3.63, 3.8) is 0 Å². The van der Waals surface area contributed by atoms with Crippen molar-refractivity contribution in [1.82, 2.24) is 29.9 Å². The summed E-state index contributed by atoms with van der Waals surface area (Å²) < 4.78 is 2.06. The van der Waals surface area contributed by atoms with Crippen LogP contribution in [0, 0.1) is 5.92 Å². The molecule has 3 aromatic rings. The van der Waals surface area contributed by atoms with Gasteiger partial charge in [0.2, 0.25) is 5.91 Å². The van der Waals surface area contributed by atoms with Gasteiger partial charge < -0.3 is 4.90 Å². The molecule has 0 aromatic carbocycles. The number of hydrogen-bond donors (Lipinski definition) is 1. The van der Waals surface area contributed by atoms with Crippen LogP contribution in [-0.2, 0) is 4.79 Å². The molecule has 0 bridgehead atoms. The Morgan fingerprint density at radius 1 is 1.04 bits per heavy atom. The van der Waals surface area contributed by atoms with E-state index >= 15 is 0 Å². The highest BCUT2D eigenvalue weighted by atomic mass is 16.2. The Kier molecular flexibility index (Phi) is 4.14. The highest BCUT2D eigenvalue weighted by molar-refractivity contribution is 5.79. The number of aromatic amines is 1. The van der Waals surface area contributed by atoms with Crippen molar-refractivity contribution in [2.75, 3.05) is 13.1 Å². The molecule has 1 N–H and O–H groups in total. The van der Waals surface area contributed by atoms with Gasteiger partial charge in [-0.1, -0.05) is 12.8 Å². The number of amides is 1. The first-order valence-electron chi connectivity index (χ1n) is 9.90. The van der Waals surface area contributed by atoms with E-state index in [9.17, 15) is 4.79 Å². The minimum absolute atomic E-state index is 0.280.